The van der Waals surface area contributed by atoms with Crippen molar-refractivity contribution in [3.05, 3.63) is 56.9 Å². The Bertz CT molecular complexity index is 799. The number of ether oxygens (including phenoxy) is 2. The van der Waals surface area contributed by atoms with Crippen LogP contribution in [-0.2, 0) is 0 Å². The molecule has 0 spiro atoms. The number of rotatable bonds is 4. The van der Waals surface area contributed by atoms with Crippen molar-refractivity contribution in [1.82, 2.24) is 0 Å². The van der Waals surface area contributed by atoms with Gasteiger partial charge < -0.3 is 9.47 Å². The number of Topliss-reactive ketones (excluding diaryl/α,β-unsaturated/α-hetero) is 1. The highest BCUT2D eigenvalue weighted by Crippen LogP contribution is 2.42. The molecule has 0 saturated heterocycles. The summed E-state index contributed by atoms with van der Waals surface area (Å²) in [4.78, 5) is 14.2. The number of thioether (sulfide) groups is 1. The summed E-state index contributed by atoms with van der Waals surface area (Å²) in [7, 11) is 1.60. The van der Waals surface area contributed by atoms with Gasteiger partial charge in [-0.1, -0.05) is 23.9 Å². The molecule has 0 aromatic heterocycles. The Morgan fingerprint density at radius 3 is 2.74 bits per heavy atom. The number of fused-ring (bicyclic) bond motifs is 1. The summed E-state index contributed by atoms with van der Waals surface area (Å²) in [5.41, 5.74) is 1.65. The zero-order valence-electron chi connectivity index (χ0n) is 12.8. The number of methoxy groups -OCH3 is 1. The van der Waals surface area contributed by atoms with Crippen LogP contribution in [0.2, 0.25) is 0 Å². The van der Waals surface area contributed by atoms with E-state index in [1.807, 2.05) is 49.4 Å². The molecule has 0 atom stereocenters. The minimum absolute atomic E-state index is 0.0644. The second-order valence-electron chi connectivity index (χ2n) is 4.90. The number of allylic oxidation sites excluding steroid dienone is 1. The van der Waals surface area contributed by atoms with E-state index in [1.165, 1.54) is 11.8 Å². The van der Waals surface area contributed by atoms with E-state index in [4.69, 9.17) is 9.47 Å². The fourth-order valence-corrected chi connectivity index (χ4v) is 4.02. The van der Waals surface area contributed by atoms with E-state index in [-0.39, 0.29) is 5.78 Å². The first-order valence-corrected chi connectivity index (χ1v) is 8.78. The lowest BCUT2D eigenvalue weighted by atomic mass is 10.1. The van der Waals surface area contributed by atoms with Gasteiger partial charge in [-0.3, -0.25) is 4.79 Å². The van der Waals surface area contributed by atoms with Gasteiger partial charge in [0.2, 0.25) is 5.78 Å². The van der Waals surface area contributed by atoms with Crippen LogP contribution in [0.1, 0.15) is 22.8 Å². The molecule has 0 fully saturated rings. The standard InChI is InChI=1S/C18H15BrO3S/c1-3-22-18-13(19)8-11(9-14(18)21-2)10-16-17(20)12-6-4-5-7-15(12)23-16/h4-10H,3H2,1-2H3. The van der Waals surface area contributed by atoms with Gasteiger partial charge in [0.05, 0.1) is 23.1 Å². The van der Waals surface area contributed by atoms with Crippen molar-refractivity contribution in [2.75, 3.05) is 13.7 Å². The van der Waals surface area contributed by atoms with Gasteiger partial charge in [-0.2, -0.15) is 0 Å². The normalized spacial score (nSPS) is 14.9. The largest absolute Gasteiger partial charge is 0.493 e. The zero-order chi connectivity index (χ0) is 16.4. The highest BCUT2D eigenvalue weighted by Gasteiger charge is 2.25. The number of halogens is 1. The lowest BCUT2D eigenvalue weighted by Crippen LogP contribution is -1.97. The fraction of sp³-hybridized carbons (Fsp3) is 0.167. The van der Waals surface area contributed by atoms with E-state index < -0.39 is 0 Å². The summed E-state index contributed by atoms with van der Waals surface area (Å²) < 4.78 is 11.8. The van der Waals surface area contributed by atoms with Crippen LogP contribution in [0.5, 0.6) is 11.5 Å². The van der Waals surface area contributed by atoms with Crippen LogP contribution in [0.15, 0.2) is 50.7 Å². The molecule has 5 heteroatoms. The first-order chi connectivity index (χ1) is 11.1. The molecular formula is C18H15BrO3S. The van der Waals surface area contributed by atoms with Gasteiger partial charge in [-0.15, -0.1) is 0 Å². The summed E-state index contributed by atoms with van der Waals surface area (Å²) in [5.74, 6) is 1.38. The topological polar surface area (TPSA) is 35.5 Å². The lowest BCUT2D eigenvalue weighted by molar-refractivity contribution is 0.104. The summed E-state index contributed by atoms with van der Waals surface area (Å²) in [6.07, 6.45) is 1.88. The summed E-state index contributed by atoms with van der Waals surface area (Å²) in [6, 6.07) is 11.5. The minimum atomic E-state index is 0.0644. The Morgan fingerprint density at radius 1 is 1.26 bits per heavy atom. The van der Waals surface area contributed by atoms with Crippen molar-refractivity contribution in [3.8, 4) is 11.5 Å². The summed E-state index contributed by atoms with van der Waals surface area (Å²) in [6.45, 7) is 2.48. The van der Waals surface area contributed by atoms with Crippen LogP contribution >= 0.6 is 27.7 Å². The molecule has 0 bridgehead atoms. The van der Waals surface area contributed by atoms with Crippen molar-refractivity contribution in [1.29, 1.82) is 0 Å². The van der Waals surface area contributed by atoms with Crippen LogP contribution in [0.4, 0.5) is 0 Å². The maximum atomic E-state index is 12.5. The average molecular weight is 391 g/mol. The van der Waals surface area contributed by atoms with Crippen LogP contribution in [0, 0.1) is 0 Å². The molecule has 0 aliphatic carbocycles. The molecule has 23 heavy (non-hydrogen) atoms. The molecule has 0 N–H and O–H groups in total. The molecule has 0 saturated carbocycles. The molecule has 0 unspecified atom stereocenters. The maximum absolute atomic E-state index is 12.5. The number of hydrogen-bond acceptors (Lipinski definition) is 4. The number of ketones is 1. The zero-order valence-corrected chi connectivity index (χ0v) is 15.2. The van der Waals surface area contributed by atoms with E-state index >= 15 is 0 Å². The Morgan fingerprint density at radius 2 is 2.04 bits per heavy atom. The molecule has 1 aliphatic rings. The molecule has 1 aliphatic heterocycles. The van der Waals surface area contributed by atoms with Crippen LogP contribution in [-0.4, -0.2) is 19.5 Å². The van der Waals surface area contributed by atoms with E-state index in [1.54, 1.807) is 7.11 Å². The minimum Gasteiger partial charge on any atom is -0.493 e. The van der Waals surface area contributed by atoms with Crippen LogP contribution in [0.3, 0.4) is 0 Å². The van der Waals surface area contributed by atoms with Gasteiger partial charge >= 0.3 is 0 Å². The van der Waals surface area contributed by atoms with E-state index in [0.717, 1.165) is 20.5 Å². The molecule has 1 heterocycles. The SMILES string of the molecule is CCOc1c(Br)cc(C=C2Sc3ccccc3C2=O)cc1OC. The third-order valence-corrected chi connectivity index (χ3v) is 5.10. The molecule has 2 aromatic carbocycles. The van der Waals surface area contributed by atoms with Gasteiger partial charge in [0.15, 0.2) is 11.5 Å². The molecule has 118 valence electrons. The Hall–Kier alpha value is -1.72. The Kier molecular flexibility index (Phi) is 4.78. The van der Waals surface area contributed by atoms with Gasteiger partial charge in [-0.25, -0.2) is 0 Å². The van der Waals surface area contributed by atoms with Gasteiger partial charge in [0.25, 0.3) is 0 Å². The Labute approximate surface area is 147 Å². The molecular weight excluding hydrogens is 376 g/mol. The van der Waals surface area contributed by atoms with Crippen molar-refractivity contribution in [3.63, 3.8) is 0 Å². The first-order valence-electron chi connectivity index (χ1n) is 7.17. The summed E-state index contributed by atoms with van der Waals surface area (Å²) >= 11 is 5.00. The van der Waals surface area contributed by atoms with Crippen LogP contribution in [0.25, 0.3) is 6.08 Å². The predicted molar refractivity (Wildman–Crippen MR) is 96.5 cm³/mol. The second-order valence-corrected chi connectivity index (χ2v) is 6.84. The van der Waals surface area contributed by atoms with Crippen molar-refractivity contribution in [2.45, 2.75) is 11.8 Å². The average Bonchev–Trinajstić information content (AvgIpc) is 2.86. The number of hydrogen-bond donors (Lipinski definition) is 0. The van der Waals surface area contributed by atoms with Gasteiger partial charge in [-0.05, 0) is 58.8 Å². The van der Waals surface area contributed by atoms with Gasteiger partial charge in [0, 0.05) is 10.5 Å². The third kappa shape index (κ3) is 3.16. The van der Waals surface area contributed by atoms with Gasteiger partial charge in [0.1, 0.15) is 0 Å². The lowest BCUT2D eigenvalue weighted by Gasteiger charge is -2.12. The van der Waals surface area contributed by atoms with E-state index in [0.29, 0.717) is 23.0 Å². The molecule has 3 nitrogen and oxygen atoms in total. The number of carbonyl (C=O) groups excluding carboxylic acids is 1. The number of carbonyl (C=O) groups is 1. The fourth-order valence-electron chi connectivity index (χ4n) is 2.39. The van der Waals surface area contributed by atoms with E-state index in [2.05, 4.69) is 15.9 Å². The third-order valence-electron chi connectivity index (χ3n) is 3.41. The number of benzene rings is 2. The predicted octanol–water partition coefficient (Wildman–Crippen LogP) is 5.19. The molecule has 0 amide bonds. The van der Waals surface area contributed by atoms with E-state index in [9.17, 15) is 4.79 Å². The van der Waals surface area contributed by atoms with Crippen LogP contribution < -0.4 is 9.47 Å². The Balaban J connectivity index is 1.98. The smallest absolute Gasteiger partial charge is 0.200 e. The molecule has 0 radical (unpaired) electrons. The second kappa shape index (κ2) is 6.81. The quantitative estimate of drug-likeness (QED) is 0.673. The van der Waals surface area contributed by atoms with Crippen molar-refractivity contribution < 1.29 is 14.3 Å². The summed E-state index contributed by atoms with van der Waals surface area (Å²) in [5, 5.41) is 0. The molecule has 3 rings (SSSR count). The highest BCUT2D eigenvalue weighted by atomic mass is 79.9. The highest BCUT2D eigenvalue weighted by molar-refractivity contribution is 9.10. The van der Waals surface area contributed by atoms with Crippen molar-refractivity contribution >= 4 is 39.6 Å². The maximum Gasteiger partial charge on any atom is 0.200 e. The first kappa shape index (κ1) is 16.1. The molecule has 2 aromatic rings. The monoisotopic (exact) mass is 390 g/mol. The van der Waals surface area contributed by atoms with Crippen molar-refractivity contribution in [2.24, 2.45) is 0 Å².